The molecular weight excluding hydrogens is 298 g/mol. The summed E-state index contributed by atoms with van der Waals surface area (Å²) in [7, 11) is 0. The molecule has 0 amide bonds. The van der Waals surface area contributed by atoms with E-state index in [2.05, 4.69) is 61.6 Å². The Balaban J connectivity index is 2.18. The molecule has 21 heavy (non-hydrogen) atoms. The Hall–Kier alpha value is -1.35. The van der Waals surface area contributed by atoms with Gasteiger partial charge in [0.15, 0.2) is 0 Å². The first kappa shape index (κ1) is 14.6. The third-order valence-corrected chi connectivity index (χ3v) is 5.07. The number of nitrogens with one attached hydrogen (secondary N) is 1. The first-order valence-electron chi connectivity index (χ1n) is 7.17. The van der Waals surface area contributed by atoms with Crippen molar-refractivity contribution in [1.82, 2.24) is 5.32 Å². The second-order valence-electron chi connectivity index (χ2n) is 5.15. The maximum absolute atomic E-state index is 6.13. The zero-order valence-corrected chi connectivity index (χ0v) is 13.8. The highest BCUT2D eigenvalue weighted by molar-refractivity contribution is 7.16. The van der Waals surface area contributed by atoms with Crippen LogP contribution < -0.4 is 5.32 Å². The molecule has 3 aromatic rings. The van der Waals surface area contributed by atoms with Crippen molar-refractivity contribution in [3.05, 3.63) is 68.9 Å². The molecule has 1 heterocycles. The van der Waals surface area contributed by atoms with Gasteiger partial charge in [0, 0.05) is 4.88 Å². The molecule has 0 saturated heterocycles. The Bertz CT molecular complexity index is 763. The molecule has 0 bridgehead atoms. The predicted octanol–water partition coefficient (Wildman–Crippen LogP) is 5.56. The fourth-order valence-electron chi connectivity index (χ4n) is 2.78. The number of halogens is 1. The standard InChI is InChI=1S/C18H18ClNS/c1-3-20-18(16-10-11-17(19)21-16)15-9-8-12(2)13-6-4-5-7-14(13)15/h4-11,18,20H,3H2,1-2H3. The molecule has 0 saturated carbocycles. The van der Waals surface area contributed by atoms with Crippen molar-refractivity contribution in [3.8, 4) is 0 Å². The number of hydrogen-bond donors (Lipinski definition) is 1. The van der Waals surface area contributed by atoms with Crippen LogP contribution in [0.2, 0.25) is 4.34 Å². The summed E-state index contributed by atoms with van der Waals surface area (Å²) in [4.78, 5) is 1.26. The quantitative estimate of drug-likeness (QED) is 0.664. The molecule has 1 nitrogen and oxygen atoms in total. The van der Waals surface area contributed by atoms with Crippen molar-refractivity contribution < 1.29 is 0 Å². The molecule has 2 aromatic carbocycles. The van der Waals surface area contributed by atoms with Gasteiger partial charge in [-0.25, -0.2) is 0 Å². The van der Waals surface area contributed by atoms with Gasteiger partial charge in [-0.3, -0.25) is 0 Å². The van der Waals surface area contributed by atoms with Crippen molar-refractivity contribution >= 4 is 33.7 Å². The van der Waals surface area contributed by atoms with E-state index >= 15 is 0 Å². The summed E-state index contributed by atoms with van der Waals surface area (Å²) >= 11 is 7.77. The van der Waals surface area contributed by atoms with Crippen LogP contribution in [-0.2, 0) is 0 Å². The normalized spacial score (nSPS) is 12.7. The number of aryl methyl sites for hydroxylation is 1. The lowest BCUT2D eigenvalue weighted by molar-refractivity contribution is 0.643. The van der Waals surface area contributed by atoms with E-state index in [-0.39, 0.29) is 6.04 Å². The minimum Gasteiger partial charge on any atom is -0.306 e. The summed E-state index contributed by atoms with van der Waals surface area (Å²) in [5.74, 6) is 0. The van der Waals surface area contributed by atoms with Crippen LogP contribution in [0.25, 0.3) is 10.8 Å². The van der Waals surface area contributed by atoms with Gasteiger partial charge in [0.25, 0.3) is 0 Å². The molecule has 1 atom stereocenters. The summed E-state index contributed by atoms with van der Waals surface area (Å²) in [5, 5.41) is 6.22. The van der Waals surface area contributed by atoms with Crippen molar-refractivity contribution in [3.63, 3.8) is 0 Å². The SMILES string of the molecule is CCNC(c1ccc(Cl)s1)c1ccc(C)c2ccccc12. The molecule has 1 N–H and O–H groups in total. The smallest absolute Gasteiger partial charge is 0.0931 e. The molecule has 0 aliphatic rings. The fourth-order valence-corrected chi connectivity index (χ4v) is 3.93. The monoisotopic (exact) mass is 315 g/mol. The van der Waals surface area contributed by atoms with E-state index in [1.165, 1.54) is 26.8 Å². The fraction of sp³-hybridized carbons (Fsp3) is 0.222. The second kappa shape index (κ2) is 6.18. The summed E-state index contributed by atoms with van der Waals surface area (Å²) in [6.45, 7) is 5.22. The van der Waals surface area contributed by atoms with E-state index in [0.717, 1.165) is 10.9 Å². The largest absolute Gasteiger partial charge is 0.306 e. The van der Waals surface area contributed by atoms with Crippen molar-refractivity contribution in [2.24, 2.45) is 0 Å². The summed E-state index contributed by atoms with van der Waals surface area (Å²) in [5.41, 5.74) is 2.63. The molecule has 0 aliphatic heterocycles. The van der Waals surface area contributed by atoms with E-state index in [1.54, 1.807) is 11.3 Å². The van der Waals surface area contributed by atoms with E-state index in [4.69, 9.17) is 11.6 Å². The van der Waals surface area contributed by atoms with E-state index < -0.39 is 0 Å². The van der Waals surface area contributed by atoms with Crippen molar-refractivity contribution in [2.75, 3.05) is 6.54 Å². The molecule has 1 aromatic heterocycles. The van der Waals surface area contributed by atoms with E-state index in [9.17, 15) is 0 Å². The number of thiophene rings is 1. The van der Waals surface area contributed by atoms with E-state index in [0.29, 0.717) is 0 Å². The minimum absolute atomic E-state index is 0.193. The van der Waals surface area contributed by atoms with Crippen molar-refractivity contribution in [1.29, 1.82) is 0 Å². The van der Waals surface area contributed by atoms with Crippen LogP contribution in [0.3, 0.4) is 0 Å². The van der Waals surface area contributed by atoms with Gasteiger partial charge in [0.1, 0.15) is 0 Å². The Morgan fingerprint density at radius 2 is 1.81 bits per heavy atom. The van der Waals surface area contributed by atoms with Gasteiger partial charge in [-0.15, -0.1) is 11.3 Å². The van der Waals surface area contributed by atoms with Gasteiger partial charge in [-0.05, 0) is 47.5 Å². The average molecular weight is 316 g/mol. The Labute approximate surface area is 134 Å². The second-order valence-corrected chi connectivity index (χ2v) is 6.90. The zero-order valence-electron chi connectivity index (χ0n) is 12.2. The third-order valence-electron chi connectivity index (χ3n) is 3.77. The average Bonchev–Trinajstić information content (AvgIpc) is 2.92. The molecule has 0 fully saturated rings. The molecule has 0 radical (unpaired) electrons. The van der Waals surface area contributed by atoms with Crippen LogP contribution in [-0.4, -0.2) is 6.54 Å². The van der Waals surface area contributed by atoms with Gasteiger partial charge in [-0.2, -0.15) is 0 Å². The van der Waals surface area contributed by atoms with E-state index in [1.807, 2.05) is 6.07 Å². The molecule has 3 heteroatoms. The van der Waals surface area contributed by atoms with Gasteiger partial charge >= 0.3 is 0 Å². The van der Waals surface area contributed by atoms with Gasteiger partial charge in [0.05, 0.1) is 10.4 Å². The number of hydrogen-bond acceptors (Lipinski definition) is 2. The van der Waals surface area contributed by atoms with Crippen LogP contribution in [0.15, 0.2) is 48.5 Å². The highest BCUT2D eigenvalue weighted by atomic mass is 35.5. The lowest BCUT2D eigenvalue weighted by Gasteiger charge is -2.20. The highest BCUT2D eigenvalue weighted by Crippen LogP contribution is 2.35. The van der Waals surface area contributed by atoms with Crippen LogP contribution in [0, 0.1) is 6.92 Å². The molecule has 108 valence electrons. The van der Waals surface area contributed by atoms with Crippen LogP contribution in [0.5, 0.6) is 0 Å². The minimum atomic E-state index is 0.193. The van der Waals surface area contributed by atoms with Gasteiger partial charge < -0.3 is 5.32 Å². The highest BCUT2D eigenvalue weighted by Gasteiger charge is 2.18. The Kier molecular flexibility index (Phi) is 4.29. The summed E-state index contributed by atoms with van der Waals surface area (Å²) < 4.78 is 0.837. The van der Waals surface area contributed by atoms with Gasteiger partial charge in [-0.1, -0.05) is 54.9 Å². The Morgan fingerprint density at radius 3 is 2.48 bits per heavy atom. The maximum Gasteiger partial charge on any atom is 0.0931 e. The summed E-state index contributed by atoms with van der Waals surface area (Å²) in [6, 6.07) is 17.3. The molecule has 3 rings (SSSR count). The predicted molar refractivity (Wildman–Crippen MR) is 93.5 cm³/mol. The number of benzene rings is 2. The lowest BCUT2D eigenvalue weighted by atomic mass is 9.95. The zero-order chi connectivity index (χ0) is 14.8. The summed E-state index contributed by atoms with van der Waals surface area (Å²) in [6.07, 6.45) is 0. The maximum atomic E-state index is 6.13. The molecular formula is C18H18ClNS. The topological polar surface area (TPSA) is 12.0 Å². The van der Waals surface area contributed by atoms with Crippen LogP contribution in [0.4, 0.5) is 0 Å². The third kappa shape index (κ3) is 2.84. The molecule has 0 spiro atoms. The first-order valence-corrected chi connectivity index (χ1v) is 8.37. The molecule has 0 aliphatic carbocycles. The van der Waals surface area contributed by atoms with Gasteiger partial charge in [0.2, 0.25) is 0 Å². The van der Waals surface area contributed by atoms with Crippen LogP contribution in [0.1, 0.15) is 29.0 Å². The Morgan fingerprint density at radius 1 is 1.05 bits per heavy atom. The molecule has 1 unspecified atom stereocenters. The first-order chi connectivity index (χ1) is 10.2. The lowest BCUT2D eigenvalue weighted by Crippen LogP contribution is -2.21. The van der Waals surface area contributed by atoms with Crippen LogP contribution >= 0.6 is 22.9 Å². The van der Waals surface area contributed by atoms with Crippen molar-refractivity contribution in [2.45, 2.75) is 19.9 Å². The number of fused-ring (bicyclic) bond motifs is 1. The number of rotatable bonds is 4.